The van der Waals surface area contributed by atoms with E-state index in [4.69, 9.17) is 0 Å². The number of nitrogens with zero attached hydrogens (tertiary/aromatic N) is 1. The van der Waals surface area contributed by atoms with Crippen LogP contribution in [0.1, 0.15) is 24.0 Å². The van der Waals surface area contributed by atoms with Gasteiger partial charge >= 0.3 is 0 Å². The number of rotatable bonds is 2. The first-order valence-corrected chi connectivity index (χ1v) is 8.21. The van der Waals surface area contributed by atoms with Crippen LogP contribution in [0.25, 0.3) is 0 Å². The number of likely N-dealkylation sites (tertiary alicyclic amines) is 1. The minimum atomic E-state index is -0.0750. The van der Waals surface area contributed by atoms with Crippen LogP contribution in [0, 0.1) is 36.0 Å². The highest BCUT2D eigenvalue weighted by molar-refractivity contribution is 6.06. The standard InChI is InChI=1S/C19H19NO2/c1-11-4-2-3-5-12(11)10-20-17(21)15-13-6-7-14(16(15)18(20)22)19(13)8-9-19/h2-7,13-16H,8-10H2,1H3/t13-,14-,15-,16-/m1/s1. The maximum atomic E-state index is 12.9. The molecule has 1 saturated heterocycles. The summed E-state index contributed by atoms with van der Waals surface area (Å²) < 4.78 is 0. The van der Waals surface area contributed by atoms with E-state index in [1.54, 1.807) is 0 Å². The Balaban J connectivity index is 1.48. The lowest BCUT2D eigenvalue weighted by molar-refractivity contribution is -0.141. The number of carbonyl (C=O) groups excluding carboxylic acids is 2. The third-order valence-corrected chi connectivity index (χ3v) is 6.53. The molecule has 4 aliphatic rings. The second-order valence-electron chi connectivity index (χ2n) is 7.41. The molecule has 2 saturated carbocycles. The van der Waals surface area contributed by atoms with Crippen LogP contribution in [0.2, 0.25) is 0 Å². The molecule has 3 aliphatic carbocycles. The van der Waals surface area contributed by atoms with Gasteiger partial charge in [-0.05, 0) is 48.1 Å². The third-order valence-electron chi connectivity index (χ3n) is 6.53. The molecule has 1 aliphatic heterocycles. The fraction of sp³-hybridized carbons (Fsp3) is 0.474. The van der Waals surface area contributed by atoms with Crippen molar-refractivity contribution in [1.29, 1.82) is 0 Å². The lowest BCUT2D eigenvalue weighted by Crippen LogP contribution is -2.34. The first-order chi connectivity index (χ1) is 10.6. The number of amides is 2. The summed E-state index contributed by atoms with van der Waals surface area (Å²) in [7, 11) is 0. The van der Waals surface area contributed by atoms with Gasteiger partial charge in [-0.3, -0.25) is 14.5 Å². The van der Waals surface area contributed by atoms with Crippen LogP contribution >= 0.6 is 0 Å². The molecule has 1 spiro atoms. The average Bonchev–Trinajstić information content (AvgIpc) is 3.12. The van der Waals surface area contributed by atoms with Crippen LogP contribution in [-0.4, -0.2) is 16.7 Å². The molecular weight excluding hydrogens is 274 g/mol. The minimum absolute atomic E-state index is 0.0707. The molecule has 0 aromatic heterocycles. The van der Waals surface area contributed by atoms with E-state index in [1.165, 1.54) is 17.7 Å². The smallest absolute Gasteiger partial charge is 0.234 e. The lowest BCUT2D eigenvalue weighted by atomic mass is 9.85. The average molecular weight is 293 g/mol. The Bertz CT molecular complexity index is 697. The molecule has 0 N–H and O–H groups in total. The number of carbonyl (C=O) groups is 2. The molecule has 0 unspecified atom stereocenters. The molecule has 2 bridgehead atoms. The summed E-state index contributed by atoms with van der Waals surface area (Å²) in [6.45, 7) is 2.47. The minimum Gasteiger partial charge on any atom is -0.278 e. The summed E-state index contributed by atoms with van der Waals surface area (Å²) in [6, 6.07) is 8.01. The third kappa shape index (κ3) is 1.33. The fourth-order valence-corrected chi connectivity index (χ4v) is 5.25. The summed E-state index contributed by atoms with van der Waals surface area (Å²) in [6.07, 6.45) is 6.84. The van der Waals surface area contributed by atoms with Gasteiger partial charge in [-0.1, -0.05) is 36.4 Å². The first kappa shape index (κ1) is 12.6. The van der Waals surface area contributed by atoms with Crippen molar-refractivity contribution in [3.05, 3.63) is 47.5 Å². The monoisotopic (exact) mass is 293 g/mol. The summed E-state index contributed by atoms with van der Waals surface area (Å²) in [5.41, 5.74) is 2.50. The van der Waals surface area contributed by atoms with Crippen LogP contribution < -0.4 is 0 Å². The van der Waals surface area contributed by atoms with Gasteiger partial charge in [0.1, 0.15) is 0 Å². The first-order valence-electron chi connectivity index (χ1n) is 8.21. The molecule has 3 fully saturated rings. The SMILES string of the molecule is Cc1ccccc1CN1C(=O)[C@H]2[C@H](C1=O)[C@H]1C=C[C@H]2C12CC2. The van der Waals surface area contributed by atoms with Gasteiger partial charge in [0.05, 0.1) is 18.4 Å². The quantitative estimate of drug-likeness (QED) is 0.621. The molecule has 1 aromatic rings. The number of fused-ring (bicyclic) bond motifs is 3. The van der Waals surface area contributed by atoms with E-state index in [0.717, 1.165) is 11.1 Å². The second kappa shape index (κ2) is 3.89. The summed E-state index contributed by atoms with van der Waals surface area (Å²) in [4.78, 5) is 27.3. The van der Waals surface area contributed by atoms with E-state index in [-0.39, 0.29) is 29.1 Å². The Labute approximate surface area is 130 Å². The number of imide groups is 1. The van der Waals surface area contributed by atoms with E-state index >= 15 is 0 Å². The highest BCUT2D eigenvalue weighted by atomic mass is 16.2. The molecule has 3 heteroatoms. The van der Waals surface area contributed by atoms with E-state index < -0.39 is 0 Å². The second-order valence-corrected chi connectivity index (χ2v) is 7.41. The summed E-state index contributed by atoms with van der Waals surface area (Å²) >= 11 is 0. The van der Waals surface area contributed by atoms with Crippen LogP contribution in [0.3, 0.4) is 0 Å². The van der Waals surface area contributed by atoms with Crippen LogP contribution in [-0.2, 0) is 16.1 Å². The van der Waals surface area contributed by atoms with Gasteiger partial charge in [-0.25, -0.2) is 0 Å². The number of benzene rings is 1. The Morgan fingerprint density at radius 3 is 2.18 bits per heavy atom. The van der Waals surface area contributed by atoms with Gasteiger partial charge in [0, 0.05) is 0 Å². The maximum absolute atomic E-state index is 12.9. The molecule has 4 atom stereocenters. The lowest BCUT2D eigenvalue weighted by Gasteiger charge is -2.22. The van der Waals surface area contributed by atoms with E-state index in [0.29, 0.717) is 18.4 Å². The molecule has 3 nitrogen and oxygen atoms in total. The van der Waals surface area contributed by atoms with E-state index in [9.17, 15) is 9.59 Å². The Morgan fingerprint density at radius 1 is 1.05 bits per heavy atom. The predicted octanol–water partition coefficient (Wildman–Crippen LogP) is 2.69. The van der Waals surface area contributed by atoms with Gasteiger partial charge < -0.3 is 0 Å². The summed E-state index contributed by atoms with van der Waals surface area (Å²) in [5.74, 6) is 0.632. The topological polar surface area (TPSA) is 37.4 Å². The predicted molar refractivity (Wildman–Crippen MR) is 81.5 cm³/mol. The zero-order valence-corrected chi connectivity index (χ0v) is 12.7. The normalized spacial score (nSPS) is 36.5. The van der Waals surface area contributed by atoms with Gasteiger partial charge in [0.15, 0.2) is 0 Å². The molecule has 5 rings (SSSR count). The molecule has 1 heterocycles. The molecule has 22 heavy (non-hydrogen) atoms. The number of hydrogen-bond donors (Lipinski definition) is 0. The van der Waals surface area contributed by atoms with Crippen LogP contribution in [0.5, 0.6) is 0 Å². The zero-order chi connectivity index (χ0) is 15.1. The number of allylic oxidation sites excluding steroid dienone is 2. The van der Waals surface area contributed by atoms with Crippen molar-refractivity contribution >= 4 is 11.8 Å². The van der Waals surface area contributed by atoms with Crippen LogP contribution in [0.15, 0.2) is 36.4 Å². The highest BCUT2D eigenvalue weighted by Crippen LogP contribution is 2.73. The molecular formula is C19H19NO2. The largest absolute Gasteiger partial charge is 0.278 e. The van der Waals surface area contributed by atoms with Crippen molar-refractivity contribution in [2.75, 3.05) is 0 Å². The number of hydrogen-bond acceptors (Lipinski definition) is 2. The highest BCUT2D eigenvalue weighted by Gasteiger charge is 2.73. The van der Waals surface area contributed by atoms with Crippen molar-refractivity contribution in [1.82, 2.24) is 4.90 Å². The van der Waals surface area contributed by atoms with Gasteiger partial charge in [0.25, 0.3) is 0 Å². The zero-order valence-electron chi connectivity index (χ0n) is 12.7. The van der Waals surface area contributed by atoms with Crippen molar-refractivity contribution in [2.24, 2.45) is 29.1 Å². The Hall–Kier alpha value is -1.90. The summed E-state index contributed by atoms with van der Waals surface area (Å²) in [5, 5.41) is 0. The fourth-order valence-electron chi connectivity index (χ4n) is 5.25. The van der Waals surface area contributed by atoms with Crippen molar-refractivity contribution in [3.63, 3.8) is 0 Å². The van der Waals surface area contributed by atoms with Gasteiger partial charge in [0.2, 0.25) is 11.8 Å². The van der Waals surface area contributed by atoms with Crippen LogP contribution in [0.4, 0.5) is 0 Å². The maximum Gasteiger partial charge on any atom is 0.234 e. The molecule has 2 amide bonds. The van der Waals surface area contributed by atoms with Crippen molar-refractivity contribution < 1.29 is 9.59 Å². The van der Waals surface area contributed by atoms with Crippen molar-refractivity contribution in [2.45, 2.75) is 26.3 Å². The van der Waals surface area contributed by atoms with E-state index in [1.807, 2.05) is 31.2 Å². The molecule has 112 valence electrons. The molecule has 0 radical (unpaired) electrons. The van der Waals surface area contributed by atoms with Gasteiger partial charge in [-0.2, -0.15) is 0 Å². The van der Waals surface area contributed by atoms with Gasteiger partial charge in [-0.15, -0.1) is 0 Å². The van der Waals surface area contributed by atoms with E-state index in [2.05, 4.69) is 12.2 Å². The number of aryl methyl sites for hydroxylation is 1. The Morgan fingerprint density at radius 2 is 1.64 bits per heavy atom. The Kier molecular flexibility index (Phi) is 2.23. The molecule has 1 aromatic carbocycles. The van der Waals surface area contributed by atoms with Crippen molar-refractivity contribution in [3.8, 4) is 0 Å².